The van der Waals surface area contributed by atoms with Gasteiger partial charge in [-0.05, 0) is 30.9 Å². The van der Waals surface area contributed by atoms with Gasteiger partial charge in [0.15, 0.2) is 17.7 Å². The number of nitrogens with zero attached hydrogens (tertiary/aromatic N) is 4. The third-order valence-electron chi connectivity index (χ3n) is 5.88. The Hall–Kier alpha value is -1.63. The molecular formula is C18H24F3N5O3S. The molecule has 4 rings (SSSR count). The van der Waals surface area contributed by atoms with Crippen molar-refractivity contribution in [1.29, 1.82) is 0 Å². The molecule has 30 heavy (non-hydrogen) atoms. The van der Waals surface area contributed by atoms with Gasteiger partial charge in [-0.1, -0.05) is 6.42 Å². The zero-order chi connectivity index (χ0) is 21.5. The topological polar surface area (TPSA) is 119 Å². The van der Waals surface area contributed by atoms with Crippen LogP contribution in [0.4, 0.5) is 19.0 Å². The van der Waals surface area contributed by atoms with E-state index in [1.165, 1.54) is 29.0 Å². The summed E-state index contributed by atoms with van der Waals surface area (Å²) >= 11 is 1.45. The fourth-order valence-corrected chi connectivity index (χ4v) is 5.52. The zero-order valence-electron chi connectivity index (χ0n) is 16.1. The number of nitrogen functional groups attached to an aromatic ring is 1. The fraction of sp³-hybridized carbons (Fsp3) is 0.722. The predicted octanol–water partition coefficient (Wildman–Crippen LogP) is 2.13. The maximum Gasteiger partial charge on any atom is 0.391 e. The summed E-state index contributed by atoms with van der Waals surface area (Å²) in [6, 6.07) is 0. The fourth-order valence-electron chi connectivity index (χ4n) is 4.24. The highest BCUT2D eigenvalue weighted by molar-refractivity contribution is 7.99. The number of aliphatic hydroxyl groups is 2. The summed E-state index contributed by atoms with van der Waals surface area (Å²) in [5.41, 5.74) is 6.53. The molecule has 0 aromatic carbocycles. The van der Waals surface area contributed by atoms with Crippen LogP contribution >= 0.6 is 11.8 Å². The van der Waals surface area contributed by atoms with Crippen molar-refractivity contribution >= 4 is 28.7 Å². The summed E-state index contributed by atoms with van der Waals surface area (Å²) in [6.45, 7) is 0. The average molecular weight is 447 g/mol. The van der Waals surface area contributed by atoms with Crippen LogP contribution < -0.4 is 5.73 Å². The Morgan fingerprint density at radius 1 is 1.17 bits per heavy atom. The second-order valence-corrected chi connectivity index (χ2v) is 9.01. The van der Waals surface area contributed by atoms with Crippen LogP contribution in [0.3, 0.4) is 0 Å². The highest BCUT2D eigenvalue weighted by atomic mass is 32.2. The van der Waals surface area contributed by atoms with Gasteiger partial charge in [-0.15, -0.1) is 0 Å². The molecule has 166 valence electrons. The molecule has 4 N–H and O–H groups in total. The number of imidazole rings is 1. The molecule has 0 bridgehead atoms. The zero-order valence-corrected chi connectivity index (χ0v) is 16.9. The molecule has 0 spiro atoms. The van der Waals surface area contributed by atoms with E-state index in [4.69, 9.17) is 10.5 Å². The van der Waals surface area contributed by atoms with Crippen molar-refractivity contribution in [3.63, 3.8) is 0 Å². The largest absolute Gasteiger partial charge is 0.391 e. The van der Waals surface area contributed by atoms with Gasteiger partial charge in [-0.2, -0.15) is 24.9 Å². The lowest BCUT2D eigenvalue weighted by Crippen LogP contribution is -2.33. The van der Waals surface area contributed by atoms with Gasteiger partial charge in [0.2, 0.25) is 0 Å². The Balaban J connectivity index is 1.35. The first-order chi connectivity index (χ1) is 14.3. The minimum Gasteiger partial charge on any atom is -0.387 e. The monoisotopic (exact) mass is 447 g/mol. The van der Waals surface area contributed by atoms with E-state index < -0.39 is 36.6 Å². The van der Waals surface area contributed by atoms with E-state index in [2.05, 4.69) is 15.0 Å². The number of thioether (sulfide) groups is 1. The lowest BCUT2D eigenvalue weighted by molar-refractivity contribution is -0.185. The summed E-state index contributed by atoms with van der Waals surface area (Å²) in [5, 5.41) is 20.9. The Labute approximate surface area is 175 Å². The lowest BCUT2D eigenvalue weighted by Gasteiger charge is -2.30. The van der Waals surface area contributed by atoms with E-state index in [0.29, 0.717) is 29.1 Å². The van der Waals surface area contributed by atoms with Crippen molar-refractivity contribution in [2.45, 2.75) is 56.4 Å². The van der Waals surface area contributed by atoms with E-state index in [-0.39, 0.29) is 24.6 Å². The number of fused-ring (bicyclic) bond motifs is 1. The lowest BCUT2D eigenvalue weighted by atomic mass is 9.82. The number of ether oxygens (including phenoxy) is 1. The van der Waals surface area contributed by atoms with Gasteiger partial charge in [-0.25, -0.2) is 15.0 Å². The average Bonchev–Trinajstić information content (AvgIpc) is 3.25. The Kier molecular flexibility index (Phi) is 6.11. The number of hydrogen-bond acceptors (Lipinski definition) is 8. The van der Waals surface area contributed by atoms with Gasteiger partial charge in [0.05, 0.1) is 18.3 Å². The van der Waals surface area contributed by atoms with Gasteiger partial charge in [-0.3, -0.25) is 4.57 Å². The van der Waals surface area contributed by atoms with Crippen LogP contribution in [-0.2, 0) is 4.74 Å². The molecule has 3 heterocycles. The first-order valence-corrected chi connectivity index (χ1v) is 11.0. The molecule has 1 saturated heterocycles. The summed E-state index contributed by atoms with van der Waals surface area (Å²) in [4.78, 5) is 12.1. The molecule has 2 aliphatic rings. The number of rotatable bonds is 5. The van der Waals surface area contributed by atoms with Gasteiger partial charge in [0, 0.05) is 5.75 Å². The molecule has 1 aliphatic carbocycles. The SMILES string of the molecule is Nc1ncnc2c1ncn2[C@@H]1O[C@H](CSCC2CCCC(C(F)(F)F)C2)[C@@H](O)[C@H]1O. The number of halogens is 3. The standard InChI is InChI=1S/C18H24F3N5O3S/c19-18(20,21)10-3-1-2-9(4-10)5-30-6-11-13(27)14(28)17(29-11)26-8-25-12-15(22)23-7-24-16(12)26/h7-11,13-14,17,27-28H,1-6H2,(H2,22,23,24)/t9?,10?,11-,13-,14-,17-/m1/s1. The van der Waals surface area contributed by atoms with Crippen LogP contribution in [0.5, 0.6) is 0 Å². The molecular weight excluding hydrogens is 423 g/mol. The molecule has 0 amide bonds. The normalized spacial score (nSPS) is 32.7. The molecule has 6 atom stereocenters. The minimum absolute atomic E-state index is 0.00749. The van der Waals surface area contributed by atoms with E-state index in [1.54, 1.807) is 0 Å². The van der Waals surface area contributed by atoms with E-state index in [0.717, 1.165) is 6.42 Å². The van der Waals surface area contributed by atoms with Crippen molar-refractivity contribution < 1.29 is 28.1 Å². The summed E-state index contributed by atoms with van der Waals surface area (Å²) in [6.07, 6.45) is -3.60. The van der Waals surface area contributed by atoms with E-state index in [1.807, 2.05) is 0 Å². The second kappa shape index (κ2) is 8.48. The van der Waals surface area contributed by atoms with Crippen molar-refractivity contribution in [1.82, 2.24) is 19.5 Å². The van der Waals surface area contributed by atoms with Crippen molar-refractivity contribution in [2.24, 2.45) is 11.8 Å². The van der Waals surface area contributed by atoms with Crippen LogP contribution in [0.25, 0.3) is 11.2 Å². The second-order valence-electron chi connectivity index (χ2n) is 7.94. The van der Waals surface area contributed by atoms with Crippen LogP contribution in [0, 0.1) is 11.8 Å². The van der Waals surface area contributed by atoms with Gasteiger partial charge < -0.3 is 20.7 Å². The molecule has 12 heteroatoms. The molecule has 0 radical (unpaired) electrons. The highest BCUT2D eigenvalue weighted by Gasteiger charge is 2.45. The minimum atomic E-state index is -4.13. The molecule has 8 nitrogen and oxygen atoms in total. The van der Waals surface area contributed by atoms with Crippen molar-refractivity contribution in [2.75, 3.05) is 17.2 Å². The number of anilines is 1. The third-order valence-corrected chi connectivity index (χ3v) is 7.15. The number of aromatic nitrogens is 4. The summed E-state index contributed by atoms with van der Waals surface area (Å²) < 4.78 is 46.3. The van der Waals surface area contributed by atoms with Gasteiger partial charge in [0.25, 0.3) is 0 Å². The number of nitrogens with two attached hydrogens (primary N) is 1. The predicted molar refractivity (Wildman–Crippen MR) is 104 cm³/mol. The molecule has 1 saturated carbocycles. The van der Waals surface area contributed by atoms with Crippen molar-refractivity contribution in [3.8, 4) is 0 Å². The maximum absolute atomic E-state index is 13.0. The Bertz CT molecular complexity index is 882. The maximum atomic E-state index is 13.0. The molecule has 1 aliphatic heterocycles. The van der Waals surface area contributed by atoms with Crippen molar-refractivity contribution in [3.05, 3.63) is 12.7 Å². The molecule has 2 fully saturated rings. The third kappa shape index (κ3) is 4.23. The van der Waals surface area contributed by atoms with Crippen LogP contribution in [-0.4, -0.2) is 65.7 Å². The van der Waals surface area contributed by atoms with Crippen LogP contribution in [0.2, 0.25) is 0 Å². The smallest absolute Gasteiger partial charge is 0.387 e. The molecule has 2 aromatic rings. The first kappa shape index (κ1) is 21.6. The highest BCUT2D eigenvalue weighted by Crippen LogP contribution is 2.41. The Morgan fingerprint density at radius 3 is 2.73 bits per heavy atom. The van der Waals surface area contributed by atoms with Gasteiger partial charge >= 0.3 is 6.18 Å². The van der Waals surface area contributed by atoms with E-state index >= 15 is 0 Å². The van der Waals surface area contributed by atoms with Crippen LogP contribution in [0.15, 0.2) is 12.7 Å². The quantitative estimate of drug-likeness (QED) is 0.638. The van der Waals surface area contributed by atoms with Crippen LogP contribution in [0.1, 0.15) is 31.9 Å². The number of aliphatic hydroxyl groups excluding tert-OH is 2. The summed E-state index contributed by atoms with van der Waals surface area (Å²) in [7, 11) is 0. The Morgan fingerprint density at radius 2 is 1.97 bits per heavy atom. The molecule has 2 aromatic heterocycles. The number of alkyl halides is 3. The number of hydrogen-bond donors (Lipinski definition) is 3. The first-order valence-electron chi connectivity index (χ1n) is 9.84. The van der Waals surface area contributed by atoms with Gasteiger partial charge in [0.1, 0.15) is 24.1 Å². The summed E-state index contributed by atoms with van der Waals surface area (Å²) in [5.74, 6) is -0.0978. The molecule has 2 unspecified atom stereocenters. The van der Waals surface area contributed by atoms with E-state index in [9.17, 15) is 23.4 Å².